The summed E-state index contributed by atoms with van der Waals surface area (Å²) in [4.78, 5) is 11.6. The van der Waals surface area contributed by atoms with Gasteiger partial charge in [0.25, 0.3) is 5.91 Å². The van der Waals surface area contributed by atoms with Crippen LogP contribution in [0.4, 0.5) is 0 Å². The predicted molar refractivity (Wildman–Crippen MR) is 60.2 cm³/mol. The number of aryl methyl sites for hydroxylation is 1. The van der Waals surface area contributed by atoms with E-state index in [4.69, 9.17) is 16.7 Å². The van der Waals surface area contributed by atoms with E-state index in [0.717, 1.165) is 5.56 Å². The first-order valence-electron chi connectivity index (χ1n) is 4.72. The van der Waals surface area contributed by atoms with E-state index in [1.54, 1.807) is 25.1 Å². The second-order valence-electron chi connectivity index (χ2n) is 3.52. The number of nitrogens with one attached hydrogen (secondary N) is 1. The average molecular weight is 228 g/mol. The number of carbonyl (C=O) groups is 1. The van der Waals surface area contributed by atoms with Crippen molar-refractivity contribution < 1.29 is 9.90 Å². The largest absolute Gasteiger partial charge is 0.394 e. The molecule has 1 aromatic rings. The Kier molecular flexibility index (Phi) is 4.12. The fourth-order valence-electron chi connectivity index (χ4n) is 1.09. The summed E-state index contributed by atoms with van der Waals surface area (Å²) >= 11 is 5.90. The Labute approximate surface area is 94.1 Å². The van der Waals surface area contributed by atoms with E-state index in [-0.39, 0.29) is 18.6 Å². The van der Waals surface area contributed by atoms with Crippen LogP contribution in [0.25, 0.3) is 0 Å². The van der Waals surface area contributed by atoms with Gasteiger partial charge in [-0.3, -0.25) is 4.79 Å². The molecule has 0 unspecified atom stereocenters. The molecule has 0 saturated carbocycles. The maximum absolute atomic E-state index is 11.6. The van der Waals surface area contributed by atoms with Crippen molar-refractivity contribution in [3.63, 3.8) is 0 Å². The number of aliphatic hydroxyl groups is 1. The van der Waals surface area contributed by atoms with E-state index >= 15 is 0 Å². The molecule has 0 fully saturated rings. The maximum atomic E-state index is 11.6. The minimum Gasteiger partial charge on any atom is -0.394 e. The molecule has 0 saturated heterocycles. The third-order valence-corrected chi connectivity index (χ3v) is 2.49. The fraction of sp³-hybridized carbons (Fsp3) is 0.364. The monoisotopic (exact) mass is 227 g/mol. The van der Waals surface area contributed by atoms with Crippen LogP contribution in [0, 0.1) is 6.92 Å². The van der Waals surface area contributed by atoms with E-state index in [9.17, 15) is 4.79 Å². The smallest absolute Gasteiger partial charge is 0.251 e. The van der Waals surface area contributed by atoms with Gasteiger partial charge in [-0.2, -0.15) is 0 Å². The number of carbonyl (C=O) groups excluding carboxylic acids is 1. The molecule has 1 aromatic carbocycles. The number of aliphatic hydroxyl groups excluding tert-OH is 1. The highest BCUT2D eigenvalue weighted by Gasteiger charge is 2.09. The number of halogens is 1. The molecule has 15 heavy (non-hydrogen) atoms. The molecule has 2 N–H and O–H groups in total. The van der Waals surface area contributed by atoms with Crippen LogP contribution in [0.2, 0.25) is 5.02 Å². The lowest BCUT2D eigenvalue weighted by atomic mass is 10.1. The minimum atomic E-state index is -0.252. The van der Waals surface area contributed by atoms with Crippen LogP contribution in [0.1, 0.15) is 22.8 Å². The van der Waals surface area contributed by atoms with E-state index in [2.05, 4.69) is 5.32 Å². The van der Waals surface area contributed by atoms with Gasteiger partial charge in [-0.15, -0.1) is 0 Å². The zero-order chi connectivity index (χ0) is 11.4. The van der Waals surface area contributed by atoms with Crippen LogP contribution in [-0.2, 0) is 0 Å². The lowest BCUT2D eigenvalue weighted by Crippen LogP contribution is -2.34. The van der Waals surface area contributed by atoms with Crippen molar-refractivity contribution in [2.45, 2.75) is 19.9 Å². The highest BCUT2D eigenvalue weighted by atomic mass is 35.5. The zero-order valence-electron chi connectivity index (χ0n) is 8.75. The summed E-state index contributed by atoms with van der Waals surface area (Å²) in [5.74, 6) is -0.224. The van der Waals surface area contributed by atoms with E-state index in [1.165, 1.54) is 0 Å². The van der Waals surface area contributed by atoms with Crippen molar-refractivity contribution in [2.75, 3.05) is 6.61 Å². The first kappa shape index (κ1) is 12.0. The molecule has 1 atom stereocenters. The standard InChI is InChI=1S/C11H14ClNO2/c1-7-3-4-9(5-10(7)12)11(15)13-8(2)6-14/h3-5,8,14H,6H2,1-2H3,(H,13,15)/t8-/m0/s1. The van der Waals surface area contributed by atoms with Gasteiger partial charge in [0.05, 0.1) is 6.61 Å². The molecule has 82 valence electrons. The number of rotatable bonds is 3. The average Bonchev–Trinajstić information content (AvgIpc) is 2.21. The van der Waals surface area contributed by atoms with Gasteiger partial charge in [-0.1, -0.05) is 17.7 Å². The molecule has 0 aliphatic carbocycles. The van der Waals surface area contributed by atoms with Crippen LogP contribution in [-0.4, -0.2) is 23.7 Å². The third kappa shape index (κ3) is 3.22. The number of hydrogen-bond acceptors (Lipinski definition) is 2. The molecule has 4 heteroatoms. The maximum Gasteiger partial charge on any atom is 0.251 e. The lowest BCUT2D eigenvalue weighted by Gasteiger charge is -2.11. The van der Waals surface area contributed by atoms with Crippen molar-refractivity contribution in [2.24, 2.45) is 0 Å². The summed E-state index contributed by atoms with van der Waals surface area (Å²) in [5, 5.41) is 12.0. The van der Waals surface area contributed by atoms with Gasteiger partial charge in [0, 0.05) is 16.6 Å². The summed E-state index contributed by atoms with van der Waals surface area (Å²) in [6.45, 7) is 3.53. The number of benzene rings is 1. The molecule has 0 aromatic heterocycles. The van der Waals surface area contributed by atoms with Crippen LogP contribution in [0.3, 0.4) is 0 Å². The third-order valence-electron chi connectivity index (χ3n) is 2.09. The van der Waals surface area contributed by atoms with Crippen LogP contribution in [0.15, 0.2) is 18.2 Å². The van der Waals surface area contributed by atoms with Crippen LogP contribution >= 0.6 is 11.6 Å². The van der Waals surface area contributed by atoms with Gasteiger partial charge in [-0.25, -0.2) is 0 Å². The summed E-state index contributed by atoms with van der Waals surface area (Å²) in [6, 6.07) is 4.87. The Morgan fingerprint density at radius 2 is 2.27 bits per heavy atom. The van der Waals surface area contributed by atoms with Crippen molar-refractivity contribution >= 4 is 17.5 Å². The summed E-state index contributed by atoms with van der Waals surface area (Å²) < 4.78 is 0. The molecule has 1 rings (SSSR count). The summed E-state index contributed by atoms with van der Waals surface area (Å²) in [7, 11) is 0. The Morgan fingerprint density at radius 1 is 1.60 bits per heavy atom. The Bertz CT molecular complexity index is 366. The number of amides is 1. The molecule has 0 aliphatic rings. The summed E-state index contributed by atoms with van der Waals surface area (Å²) in [5.41, 5.74) is 1.44. The molecule has 0 radical (unpaired) electrons. The fourth-order valence-corrected chi connectivity index (χ4v) is 1.27. The lowest BCUT2D eigenvalue weighted by molar-refractivity contribution is 0.0922. The Balaban J connectivity index is 2.78. The zero-order valence-corrected chi connectivity index (χ0v) is 9.51. The van der Waals surface area contributed by atoms with Gasteiger partial charge in [0.15, 0.2) is 0 Å². The van der Waals surface area contributed by atoms with Gasteiger partial charge in [0.2, 0.25) is 0 Å². The second kappa shape index (κ2) is 5.14. The first-order valence-corrected chi connectivity index (χ1v) is 5.10. The quantitative estimate of drug-likeness (QED) is 0.827. The van der Waals surface area contributed by atoms with E-state index < -0.39 is 0 Å². The van der Waals surface area contributed by atoms with Gasteiger partial charge in [-0.05, 0) is 31.5 Å². The van der Waals surface area contributed by atoms with Crippen LogP contribution in [0.5, 0.6) is 0 Å². The second-order valence-corrected chi connectivity index (χ2v) is 3.93. The van der Waals surface area contributed by atoms with Crippen molar-refractivity contribution in [1.82, 2.24) is 5.32 Å². The molecule has 0 bridgehead atoms. The number of hydrogen-bond donors (Lipinski definition) is 2. The van der Waals surface area contributed by atoms with Crippen molar-refractivity contribution in [3.05, 3.63) is 34.3 Å². The van der Waals surface area contributed by atoms with Gasteiger partial charge in [0.1, 0.15) is 0 Å². The normalized spacial score (nSPS) is 12.3. The first-order chi connectivity index (χ1) is 7.04. The SMILES string of the molecule is Cc1ccc(C(=O)N[C@@H](C)CO)cc1Cl. The van der Waals surface area contributed by atoms with Crippen molar-refractivity contribution in [1.29, 1.82) is 0 Å². The predicted octanol–water partition coefficient (Wildman–Crippen LogP) is 1.76. The highest BCUT2D eigenvalue weighted by molar-refractivity contribution is 6.31. The van der Waals surface area contributed by atoms with E-state index in [0.29, 0.717) is 10.6 Å². The highest BCUT2D eigenvalue weighted by Crippen LogP contribution is 2.16. The Hall–Kier alpha value is -1.06. The van der Waals surface area contributed by atoms with Crippen molar-refractivity contribution in [3.8, 4) is 0 Å². The molecule has 0 heterocycles. The van der Waals surface area contributed by atoms with Gasteiger partial charge >= 0.3 is 0 Å². The van der Waals surface area contributed by atoms with Gasteiger partial charge < -0.3 is 10.4 Å². The molecular weight excluding hydrogens is 214 g/mol. The minimum absolute atomic E-state index is 0.0780. The van der Waals surface area contributed by atoms with E-state index in [1.807, 2.05) is 6.92 Å². The Morgan fingerprint density at radius 3 is 2.80 bits per heavy atom. The molecule has 0 spiro atoms. The topological polar surface area (TPSA) is 49.3 Å². The summed E-state index contributed by atoms with van der Waals surface area (Å²) in [6.07, 6.45) is 0. The molecule has 0 aliphatic heterocycles. The molecule has 3 nitrogen and oxygen atoms in total. The molecular formula is C11H14ClNO2. The van der Waals surface area contributed by atoms with Crippen LogP contribution < -0.4 is 5.32 Å². The molecule has 1 amide bonds.